The van der Waals surface area contributed by atoms with Gasteiger partial charge in [0.1, 0.15) is 22.9 Å². The van der Waals surface area contributed by atoms with Crippen molar-refractivity contribution in [2.24, 2.45) is 4.99 Å². The molecule has 4 aliphatic rings. The van der Waals surface area contributed by atoms with E-state index in [-0.39, 0.29) is 62.4 Å². The summed E-state index contributed by atoms with van der Waals surface area (Å²) in [5.74, 6) is 0.225. The lowest BCUT2D eigenvalue weighted by atomic mass is 9.99. The summed E-state index contributed by atoms with van der Waals surface area (Å²) in [5, 5.41) is 16.1. The van der Waals surface area contributed by atoms with Crippen LogP contribution in [0.3, 0.4) is 0 Å². The monoisotopic (exact) mass is 781 g/mol. The molecule has 0 aliphatic carbocycles. The van der Waals surface area contributed by atoms with Crippen molar-refractivity contribution < 1.29 is 24.0 Å². The van der Waals surface area contributed by atoms with Crippen molar-refractivity contribution in [3.63, 3.8) is 0 Å². The molecule has 1 unspecified atom stereocenters. The topological polar surface area (TPSA) is 162 Å². The molecule has 55 heavy (non-hydrogen) atoms. The van der Waals surface area contributed by atoms with Crippen molar-refractivity contribution in [1.82, 2.24) is 34.8 Å². The minimum absolute atomic E-state index is 0.0287. The van der Waals surface area contributed by atoms with Gasteiger partial charge >= 0.3 is 0 Å². The number of Topliss-reactive ketones (excluding diaryl/α,β-unsaturated/α-hetero) is 1. The molecule has 284 valence electrons. The summed E-state index contributed by atoms with van der Waals surface area (Å²) >= 11 is 7.91. The second-order valence-electron chi connectivity index (χ2n) is 14.4. The van der Waals surface area contributed by atoms with E-state index in [4.69, 9.17) is 16.6 Å². The number of carbonyl (C=O) groups excluding carboxylic acids is 5. The van der Waals surface area contributed by atoms with Gasteiger partial charge in [-0.3, -0.25) is 43.7 Å². The molecule has 4 aromatic rings. The van der Waals surface area contributed by atoms with E-state index in [1.54, 1.807) is 23.5 Å². The summed E-state index contributed by atoms with van der Waals surface area (Å²) in [6.07, 6.45) is 0.581. The van der Waals surface area contributed by atoms with Crippen LogP contribution in [0.2, 0.25) is 5.02 Å². The predicted octanol–water partition coefficient (Wildman–Crippen LogP) is 3.78. The number of anilines is 1. The first kappa shape index (κ1) is 36.7. The van der Waals surface area contributed by atoms with Gasteiger partial charge in [0.2, 0.25) is 17.7 Å². The lowest BCUT2D eigenvalue weighted by Crippen LogP contribution is -2.52. The van der Waals surface area contributed by atoms with Crippen LogP contribution in [0, 0.1) is 20.8 Å². The standard InChI is InChI=1S/C39H40ClN9O5S/c1-21-22(2)55-39-34(21)35(24-7-9-25(40)10-8-24)42-30(36-45-44-23(3)49(36)39)17-33(52)47-15-13-46(14-16-47)19-26(50)18-41-29-6-4-5-27-28(29)20-48(38(27)54)31-11-12-32(51)43-37(31)53/h4-10,30-31,41H,11-20H2,1-3H3,(H,43,51,53)/t30-,31?/m0/s1. The molecule has 0 bridgehead atoms. The second-order valence-corrected chi connectivity index (χ2v) is 16.0. The Morgan fingerprint density at radius 1 is 1.00 bits per heavy atom. The Morgan fingerprint density at radius 2 is 1.76 bits per heavy atom. The third-order valence-corrected chi connectivity index (χ3v) is 12.4. The highest BCUT2D eigenvalue weighted by molar-refractivity contribution is 7.15. The number of piperidine rings is 1. The quantitative estimate of drug-likeness (QED) is 0.241. The Kier molecular flexibility index (Phi) is 9.86. The molecule has 16 heteroatoms. The third kappa shape index (κ3) is 6.96. The highest BCUT2D eigenvalue weighted by Crippen LogP contribution is 2.40. The Bertz CT molecular complexity index is 2270. The number of hydrogen-bond acceptors (Lipinski definition) is 11. The number of thiophene rings is 1. The number of rotatable bonds is 9. The van der Waals surface area contributed by atoms with Gasteiger partial charge in [-0.05, 0) is 57.0 Å². The molecule has 2 aromatic carbocycles. The first-order valence-corrected chi connectivity index (χ1v) is 19.5. The second kappa shape index (κ2) is 14.8. The van der Waals surface area contributed by atoms with Crippen LogP contribution in [0.15, 0.2) is 47.5 Å². The summed E-state index contributed by atoms with van der Waals surface area (Å²) in [6.45, 7) is 8.63. The number of imide groups is 1. The molecule has 2 fully saturated rings. The maximum atomic E-state index is 13.9. The summed E-state index contributed by atoms with van der Waals surface area (Å²) < 4.78 is 2.04. The molecule has 4 aliphatic heterocycles. The number of aryl methyl sites for hydroxylation is 2. The van der Waals surface area contributed by atoms with Gasteiger partial charge in [-0.15, -0.1) is 21.5 Å². The number of aliphatic imine (C=N–C) groups is 1. The zero-order valence-corrected chi connectivity index (χ0v) is 32.3. The Hall–Kier alpha value is -5.25. The number of halogens is 1. The van der Waals surface area contributed by atoms with Gasteiger partial charge in [0, 0.05) is 77.0 Å². The minimum atomic E-state index is -0.712. The van der Waals surface area contributed by atoms with Crippen LogP contribution in [0.5, 0.6) is 0 Å². The number of nitrogens with zero attached hydrogens (tertiary/aromatic N) is 7. The van der Waals surface area contributed by atoms with Crippen molar-refractivity contribution >= 4 is 63.7 Å². The zero-order chi connectivity index (χ0) is 38.5. The Balaban J connectivity index is 0.895. The number of hydrogen-bond donors (Lipinski definition) is 2. The molecule has 14 nitrogen and oxygen atoms in total. The zero-order valence-electron chi connectivity index (χ0n) is 30.7. The van der Waals surface area contributed by atoms with Crippen LogP contribution in [-0.4, -0.2) is 110 Å². The van der Waals surface area contributed by atoms with Crippen LogP contribution in [0.25, 0.3) is 5.00 Å². The molecular weight excluding hydrogens is 742 g/mol. The SMILES string of the molecule is Cc1sc2c(c1C)C(c1ccc(Cl)cc1)=N[C@@H](CC(=O)N1CCN(CC(=O)CNc3cccc4c3CN(C3CCC(=O)NC3=O)C4=O)CC1)c1nnc(C)n1-2. The van der Waals surface area contributed by atoms with Gasteiger partial charge in [-0.1, -0.05) is 29.8 Å². The van der Waals surface area contributed by atoms with Gasteiger partial charge in [-0.2, -0.15) is 0 Å². The largest absolute Gasteiger partial charge is 0.378 e. The smallest absolute Gasteiger partial charge is 0.255 e. The van der Waals surface area contributed by atoms with Crippen LogP contribution in [0.1, 0.15) is 74.4 Å². The van der Waals surface area contributed by atoms with Gasteiger partial charge in [0.25, 0.3) is 5.91 Å². The molecule has 2 atom stereocenters. The molecule has 6 heterocycles. The number of piperazine rings is 1. The fourth-order valence-electron chi connectivity index (χ4n) is 7.83. The fraction of sp³-hybridized carbons (Fsp3) is 0.385. The molecule has 4 amide bonds. The average molecular weight is 782 g/mol. The Labute approximate surface area is 326 Å². The fourth-order valence-corrected chi connectivity index (χ4v) is 9.17. The lowest BCUT2D eigenvalue weighted by Gasteiger charge is -2.34. The molecule has 0 spiro atoms. The highest BCUT2D eigenvalue weighted by Gasteiger charge is 2.40. The number of benzene rings is 2. The number of nitrogens with one attached hydrogen (secondary N) is 2. The van der Waals surface area contributed by atoms with E-state index in [1.807, 2.05) is 51.6 Å². The molecule has 2 N–H and O–H groups in total. The summed E-state index contributed by atoms with van der Waals surface area (Å²) in [5.41, 5.74) is 5.71. The van der Waals surface area contributed by atoms with Crippen LogP contribution >= 0.6 is 22.9 Å². The van der Waals surface area contributed by atoms with Gasteiger partial charge < -0.3 is 15.1 Å². The van der Waals surface area contributed by atoms with E-state index < -0.39 is 18.0 Å². The average Bonchev–Trinajstić information content (AvgIpc) is 3.78. The van der Waals surface area contributed by atoms with Crippen molar-refractivity contribution in [2.75, 3.05) is 44.6 Å². The molecule has 2 saturated heterocycles. The van der Waals surface area contributed by atoms with Crippen molar-refractivity contribution in [3.8, 4) is 5.00 Å². The van der Waals surface area contributed by atoms with E-state index in [9.17, 15) is 24.0 Å². The number of ketones is 1. The molecule has 2 aromatic heterocycles. The van der Waals surface area contributed by atoms with Crippen LogP contribution in [0.4, 0.5) is 5.69 Å². The minimum Gasteiger partial charge on any atom is -0.378 e. The third-order valence-electron chi connectivity index (χ3n) is 10.9. The number of aromatic nitrogens is 3. The molecular formula is C39H40ClN9O5S. The van der Waals surface area contributed by atoms with Crippen molar-refractivity contribution in [3.05, 3.63) is 91.8 Å². The van der Waals surface area contributed by atoms with Crippen LogP contribution in [-0.2, 0) is 25.7 Å². The van der Waals surface area contributed by atoms with Gasteiger partial charge in [0.15, 0.2) is 11.6 Å². The van der Waals surface area contributed by atoms with Crippen molar-refractivity contribution in [1.29, 1.82) is 0 Å². The van der Waals surface area contributed by atoms with E-state index >= 15 is 0 Å². The first-order valence-electron chi connectivity index (χ1n) is 18.4. The number of fused-ring (bicyclic) bond motifs is 4. The van der Waals surface area contributed by atoms with Crippen molar-refractivity contribution in [2.45, 2.75) is 58.7 Å². The maximum absolute atomic E-state index is 13.9. The van der Waals surface area contributed by atoms with E-state index in [1.165, 1.54) is 9.78 Å². The normalized spacial score (nSPS) is 19.7. The number of carbonyl (C=O) groups is 5. The first-order chi connectivity index (χ1) is 26.5. The lowest BCUT2D eigenvalue weighted by molar-refractivity contribution is -0.137. The summed E-state index contributed by atoms with van der Waals surface area (Å²) in [6, 6.07) is 11.6. The van der Waals surface area contributed by atoms with E-state index in [0.717, 1.165) is 38.8 Å². The highest BCUT2D eigenvalue weighted by atomic mass is 35.5. The number of amides is 4. The molecule has 8 rings (SSSR count). The maximum Gasteiger partial charge on any atom is 0.255 e. The molecule has 0 radical (unpaired) electrons. The predicted molar refractivity (Wildman–Crippen MR) is 207 cm³/mol. The molecule has 0 saturated carbocycles. The van der Waals surface area contributed by atoms with E-state index in [0.29, 0.717) is 48.3 Å². The van der Waals surface area contributed by atoms with E-state index in [2.05, 4.69) is 34.7 Å². The van der Waals surface area contributed by atoms with Gasteiger partial charge in [0.05, 0.1) is 25.2 Å². The van der Waals surface area contributed by atoms with Gasteiger partial charge in [-0.25, -0.2) is 0 Å². The Morgan fingerprint density at radius 3 is 2.51 bits per heavy atom. The summed E-state index contributed by atoms with van der Waals surface area (Å²) in [4.78, 5) is 76.1. The summed E-state index contributed by atoms with van der Waals surface area (Å²) in [7, 11) is 0. The van der Waals surface area contributed by atoms with Crippen LogP contribution < -0.4 is 10.6 Å².